The van der Waals surface area contributed by atoms with Crippen molar-refractivity contribution < 1.29 is 27.5 Å². The fourth-order valence-electron chi connectivity index (χ4n) is 2.61. The second kappa shape index (κ2) is 7.90. The maximum absolute atomic E-state index is 13.5. The van der Waals surface area contributed by atoms with Gasteiger partial charge in [0.05, 0.1) is 12.1 Å². The number of benzene rings is 3. The molecule has 0 atom stereocenters. The van der Waals surface area contributed by atoms with Gasteiger partial charge in [-0.15, -0.1) is 0 Å². The van der Waals surface area contributed by atoms with Crippen LogP contribution in [0.1, 0.15) is 5.56 Å². The van der Waals surface area contributed by atoms with Crippen molar-refractivity contribution in [3.63, 3.8) is 0 Å². The first-order valence-corrected chi connectivity index (χ1v) is 8.01. The molecule has 0 saturated heterocycles. The summed E-state index contributed by atoms with van der Waals surface area (Å²) >= 11 is 0. The summed E-state index contributed by atoms with van der Waals surface area (Å²) in [6.07, 6.45) is -0.0474. The second-order valence-electron chi connectivity index (χ2n) is 5.75. The molecule has 0 aliphatic carbocycles. The highest BCUT2D eigenvalue weighted by Crippen LogP contribution is 2.20. The molecule has 0 aromatic heterocycles. The summed E-state index contributed by atoms with van der Waals surface area (Å²) in [6.45, 7) is -0.679. The number of hydrogen-bond acceptors (Lipinski definition) is 3. The molecule has 0 fully saturated rings. The first-order valence-electron chi connectivity index (χ1n) is 8.01. The van der Waals surface area contributed by atoms with E-state index in [4.69, 9.17) is 4.74 Å². The topological polar surface area (TPSA) is 55.4 Å². The van der Waals surface area contributed by atoms with Gasteiger partial charge in [0.25, 0.3) is 5.91 Å². The highest BCUT2D eigenvalue weighted by atomic mass is 19.2. The molecule has 0 aliphatic rings. The fourth-order valence-corrected chi connectivity index (χ4v) is 2.61. The van der Waals surface area contributed by atoms with E-state index in [9.17, 15) is 22.8 Å². The van der Waals surface area contributed by atoms with Crippen molar-refractivity contribution in [1.29, 1.82) is 0 Å². The number of nitrogens with one attached hydrogen (secondary N) is 1. The highest BCUT2D eigenvalue weighted by Gasteiger charge is 2.16. The molecule has 3 rings (SSSR count). The number of esters is 1. The van der Waals surface area contributed by atoms with E-state index in [1.54, 1.807) is 6.07 Å². The lowest BCUT2D eigenvalue weighted by Crippen LogP contribution is -2.22. The van der Waals surface area contributed by atoms with E-state index in [1.807, 2.05) is 41.7 Å². The maximum atomic E-state index is 13.5. The van der Waals surface area contributed by atoms with Crippen LogP contribution < -0.4 is 5.32 Å². The second-order valence-corrected chi connectivity index (χ2v) is 5.75. The van der Waals surface area contributed by atoms with Crippen molar-refractivity contribution in [3.05, 3.63) is 77.6 Å². The molecule has 0 bridgehead atoms. The van der Waals surface area contributed by atoms with Gasteiger partial charge in [0, 0.05) is 0 Å². The third-order valence-corrected chi connectivity index (χ3v) is 3.89. The van der Waals surface area contributed by atoms with Crippen molar-refractivity contribution in [2.75, 3.05) is 11.9 Å². The number of carbonyl (C=O) groups is 2. The molecular formula is C20H14F3NO3. The Bertz CT molecular complexity index is 1020. The monoisotopic (exact) mass is 373 g/mol. The molecule has 0 saturated carbocycles. The first-order chi connectivity index (χ1) is 13.0. The van der Waals surface area contributed by atoms with E-state index in [1.165, 1.54) is 0 Å². The summed E-state index contributed by atoms with van der Waals surface area (Å²) in [7, 11) is 0. The molecule has 3 aromatic rings. The van der Waals surface area contributed by atoms with Crippen LogP contribution in [-0.2, 0) is 20.7 Å². The third kappa shape index (κ3) is 4.25. The van der Waals surface area contributed by atoms with Crippen molar-refractivity contribution in [3.8, 4) is 0 Å². The summed E-state index contributed by atoms with van der Waals surface area (Å²) in [5.74, 6) is -6.10. The Kier molecular flexibility index (Phi) is 5.40. The minimum atomic E-state index is -1.69. The number of hydrogen-bond donors (Lipinski definition) is 1. The normalized spacial score (nSPS) is 10.6. The number of fused-ring (bicyclic) bond motifs is 1. The Hall–Kier alpha value is -3.35. The van der Waals surface area contributed by atoms with Gasteiger partial charge >= 0.3 is 5.97 Å². The molecule has 1 N–H and O–H groups in total. The highest BCUT2D eigenvalue weighted by molar-refractivity contribution is 5.93. The van der Waals surface area contributed by atoms with Crippen LogP contribution in [0.4, 0.5) is 18.9 Å². The minimum absolute atomic E-state index is 0.0474. The SMILES string of the molecule is O=C(COC(=O)Cc1cccc2ccccc12)Nc1ccc(F)c(F)c1F. The van der Waals surface area contributed by atoms with Crippen molar-refractivity contribution in [2.24, 2.45) is 0 Å². The predicted molar refractivity (Wildman–Crippen MR) is 93.6 cm³/mol. The lowest BCUT2D eigenvalue weighted by atomic mass is 10.0. The molecule has 138 valence electrons. The van der Waals surface area contributed by atoms with Crippen LogP contribution in [0, 0.1) is 17.5 Å². The van der Waals surface area contributed by atoms with Crippen molar-refractivity contribution in [1.82, 2.24) is 0 Å². The maximum Gasteiger partial charge on any atom is 0.310 e. The Balaban J connectivity index is 1.59. The Morgan fingerprint density at radius 2 is 1.63 bits per heavy atom. The summed E-state index contributed by atoms with van der Waals surface area (Å²) in [4.78, 5) is 23.8. The van der Waals surface area contributed by atoms with Crippen molar-refractivity contribution >= 4 is 28.3 Å². The van der Waals surface area contributed by atoms with Gasteiger partial charge in [0.1, 0.15) is 0 Å². The molecule has 4 nitrogen and oxygen atoms in total. The number of halogens is 3. The van der Waals surface area contributed by atoms with E-state index < -0.39 is 41.6 Å². The predicted octanol–water partition coefficient (Wildman–Crippen LogP) is 3.98. The van der Waals surface area contributed by atoms with Gasteiger partial charge in [0.2, 0.25) is 0 Å². The van der Waals surface area contributed by atoms with Crippen LogP contribution in [0.3, 0.4) is 0 Å². The zero-order valence-electron chi connectivity index (χ0n) is 14.0. The van der Waals surface area contributed by atoms with E-state index in [0.717, 1.165) is 22.4 Å². The standard InChI is InChI=1S/C20H14F3NO3/c21-15-8-9-16(20(23)19(15)22)24-17(25)11-27-18(26)10-13-6-3-5-12-4-1-2-7-14(12)13/h1-9H,10-11H2,(H,24,25). The zero-order valence-corrected chi connectivity index (χ0v) is 14.0. The third-order valence-electron chi connectivity index (χ3n) is 3.89. The zero-order chi connectivity index (χ0) is 19.4. The minimum Gasteiger partial charge on any atom is -0.455 e. The number of anilines is 1. The number of ether oxygens (including phenoxy) is 1. The van der Waals surface area contributed by atoms with Gasteiger partial charge < -0.3 is 10.1 Å². The van der Waals surface area contributed by atoms with Crippen LogP contribution in [0.15, 0.2) is 54.6 Å². The average molecular weight is 373 g/mol. The quantitative estimate of drug-likeness (QED) is 0.544. The molecule has 0 heterocycles. The molecule has 3 aromatic carbocycles. The van der Waals surface area contributed by atoms with Crippen LogP contribution in [0.5, 0.6) is 0 Å². The van der Waals surface area contributed by atoms with Crippen LogP contribution in [0.2, 0.25) is 0 Å². The van der Waals surface area contributed by atoms with Gasteiger partial charge in [-0.1, -0.05) is 42.5 Å². The Labute approximate surface area is 152 Å². The lowest BCUT2D eigenvalue weighted by molar-refractivity contribution is -0.146. The number of amides is 1. The van der Waals surface area contributed by atoms with Gasteiger partial charge in [-0.05, 0) is 28.5 Å². The summed E-state index contributed by atoms with van der Waals surface area (Å²) < 4.78 is 44.4. The van der Waals surface area contributed by atoms with E-state index in [2.05, 4.69) is 0 Å². The van der Waals surface area contributed by atoms with Crippen LogP contribution in [-0.4, -0.2) is 18.5 Å². The Morgan fingerprint density at radius 1 is 0.889 bits per heavy atom. The van der Waals surface area contributed by atoms with Gasteiger partial charge in [0.15, 0.2) is 24.1 Å². The molecule has 7 heteroatoms. The van der Waals surface area contributed by atoms with Gasteiger partial charge in [-0.3, -0.25) is 9.59 Å². The summed E-state index contributed by atoms with van der Waals surface area (Å²) in [5, 5.41) is 3.89. The molecule has 0 spiro atoms. The van der Waals surface area contributed by atoms with Crippen LogP contribution >= 0.6 is 0 Å². The van der Waals surface area contributed by atoms with Gasteiger partial charge in [-0.2, -0.15) is 0 Å². The molecular weight excluding hydrogens is 359 g/mol. The molecule has 1 amide bonds. The average Bonchev–Trinajstić information content (AvgIpc) is 2.67. The molecule has 0 radical (unpaired) electrons. The van der Waals surface area contributed by atoms with Crippen LogP contribution in [0.25, 0.3) is 10.8 Å². The fraction of sp³-hybridized carbons (Fsp3) is 0.100. The summed E-state index contributed by atoms with van der Waals surface area (Å²) in [5.41, 5.74) is 0.203. The van der Waals surface area contributed by atoms with E-state index >= 15 is 0 Å². The molecule has 27 heavy (non-hydrogen) atoms. The summed E-state index contributed by atoms with van der Waals surface area (Å²) in [6, 6.07) is 14.6. The first kappa shape index (κ1) is 18.4. The Morgan fingerprint density at radius 3 is 2.44 bits per heavy atom. The lowest BCUT2D eigenvalue weighted by Gasteiger charge is -2.09. The number of carbonyl (C=O) groups excluding carboxylic acids is 2. The largest absolute Gasteiger partial charge is 0.455 e. The molecule has 0 aliphatic heterocycles. The number of rotatable bonds is 5. The van der Waals surface area contributed by atoms with E-state index in [0.29, 0.717) is 6.07 Å². The smallest absolute Gasteiger partial charge is 0.310 e. The molecule has 0 unspecified atom stereocenters. The van der Waals surface area contributed by atoms with Gasteiger partial charge in [-0.25, -0.2) is 13.2 Å². The van der Waals surface area contributed by atoms with E-state index in [-0.39, 0.29) is 6.42 Å². The van der Waals surface area contributed by atoms with Crippen molar-refractivity contribution in [2.45, 2.75) is 6.42 Å².